The highest BCUT2D eigenvalue weighted by Gasteiger charge is 2.33. The molecule has 32 heavy (non-hydrogen) atoms. The molecule has 2 rings (SSSR count). The molecule has 0 aromatic heterocycles. The minimum Gasteiger partial charge on any atom is -0.389 e. The number of carbonyl (C=O) groups excluding carboxylic acids is 5. The Kier molecular flexibility index (Phi) is 9.33. The third-order valence-corrected chi connectivity index (χ3v) is 5.11. The van der Waals surface area contributed by atoms with E-state index in [0.29, 0.717) is 18.7 Å². The predicted octanol–water partition coefficient (Wildman–Crippen LogP) is -0.272. The molecule has 1 fully saturated rings. The molecule has 0 radical (unpaired) electrons. The second-order valence-electron chi connectivity index (χ2n) is 8.17. The van der Waals surface area contributed by atoms with Gasteiger partial charge in [0.05, 0.1) is 6.04 Å². The van der Waals surface area contributed by atoms with Gasteiger partial charge in [-0.05, 0) is 37.3 Å². The number of Topliss-reactive ketones (excluding diaryl/α,β-unsaturated/α-hetero) is 1. The lowest BCUT2D eigenvalue weighted by Crippen LogP contribution is -2.54. The zero-order valence-electron chi connectivity index (χ0n) is 18.2. The summed E-state index contributed by atoms with van der Waals surface area (Å²) < 4.78 is 0. The van der Waals surface area contributed by atoms with E-state index in [4.69, 9.17) is 0 Å². The van der Waals surface area contributed by atoms with Gasteiger partial charge in [0.1, 0.15) is 12.6 Å². The smallest absolute Gasteiger partial charge is 0.313 e. The maximum Gasteiger partial charge on any atom is 0.313 e. The Bertz CT molecular complexity index is 842. The Hall–Kier alpha value is -3.27. The standard InChI is InChI=1S/C22H30N4O6/c1-13(2)10-17(26-22(32)21(31)24-15-6-4-3-5-7-15)20(30)25-16(18(28)12-27)11-14-8-9-23-19(14)29/h3-7,13-14,16-17,27H,8-12H2,1-2H3,(H,23,29)(H,24,31)(H,25,30)(H,26,32)/t14-,16-,17-/m0/s1. The van der Waals surface area contributed by atoms with Crippen molar-refractivity contribution in [1.29, 1.82) is 0 Å². The number of aliphatic hydroxyl groups is 1. The molecule has 0 spiro atoms. The van der Waals surface area contributed by atoms with Crippen LogP contribution in [-0.2, 0) is 24.0 Å². The van der Waals surface area contributed by atoms with Gasteiger partial charge in [-0.25, -0.2) is 0 Å². The van der Waals surface area contributed by atoms with E-state index in [1.807, 2.05) is 13.8 Å². The summed E-state index contributed by atoms with van der Waals surface area (Å²) in [4.78, 5) is 61.5. The van der Waals surface area contributed by atoms with Crippen molar-refractivity contribution in [3.8, 4) is 0 Å². The summed E-state index contributed by atoms with van der Waals surface area (Å²) in [7, 11) is 0. The number of anilines is 1. The first-order valence-electron chi connectivity index (χ1n) is 10.6. The highest BCUT2D eigenvalue weighted by molar-refractivity contribution is 6.40. The van der Waals surface area contributed by atoms with Crippen LogP contribution in [0.4, 0.5) is 5.69 Å². The van der Waals surface area contributed by atoms with Crippen LogP contribution in [0.2, 0.25) is 0 Å². The van der Waals surface area contributed by atoms with E-state index in [0.717, 1.165) is 0 Å². The fraction of sp³-hybridized carbons (Fsp3) is 0.500. The van der Waals surface area contributed by atoms with E-state index in [9.17, 15) is 29.1 Å². The van der Waals surface area contributed by atoms with Crippen LogP contribution in [0, 0.1) is 11.8 Å². The van der Waals surface area contributed by atoms with E-state index in [1.54, 1.807) is 30.3 Å². The molecule has 1 aliphatic heterocycles. The Morgan fingerprint density at radius 1 is 1.06 bits per heavy atom. The molecule has 174 valence electrons. The van der Waals surface area contributed by atoms with Crippen LogP contribution < -0.4 is 21.3 Å². The molecule has 3 atom stereocenters. The molecule has 0 bridgehead atoms. The summed E-state index contributed by atoms with van der Waals surface area (Å²) in [6.45, 7) is 3.38. The second kappa shape index (κ2) is 11.9. The van der Waals surface area contributed by atoms with Gasteiger partial charge in [-0.3, -0.25) is 24.0 Å². The lowest BCUT2D eigenvalue weighted by molar-refractivity contribution is -0.138. The maximum atomic E-state index is 12.9. The van der Waals surface area contributed by atoms with Crippen molar-refractivity contribution in [2.24, 2.45) is 11.8 Å². The van der Waals surface area contributed by atoms with Crippen LogP contribution in [0.5, 0.6) is 0 Å². The quantitative estimate of drug-likeness (QED) is 0.312. The molecule has 1 aliphatic rings. The molecule has 0 aliphatic carbocycles. The van der Waals surface area contributed by atoms with Gasteiger partial charge in [-0.1, -0.05) is 32.0 Å². The number of ketones is 1. The molecular weight excluding hydrogens is 416 g/mol. The summed E-state index contributed by atoms with van der Waals surface area (Å²) >= 11 is 0. The zero-order chi connectivity index (χ0) is 23.7. The van der Waals surface area contributed by atoms with Crippen LogP contribution in [0.25, 0.3) is 0 Å². The van der Waals surface area contributed by atoms with Crippen molar-refractivity contribution in [2.75, 3.05) is 18.5 Å². The highest BCUT2D eigenvalue weighted by atomic mass is 16.3. The summed E-state index contributed by atoms with van der Waals surface area (Å²) in [6, 6.07) is 6.25. The Labute approximate surface area is 186 Å². The van der Waals surface area contributed by atoms with Crippen LogP contribution in [0.3, 0.4) is 0 Å². The Morgan fingerprint density at radius 3 is 2.31 bits per heavy atom. The molecule has 0 saturated carbocycles. The van der Waals surface area contributed by atoms with Gasteiger partial charge < -0.3 is 26.4 Å². The Balaban J connectivity index is 2.05. The molecule has 10 nitrogen and oxygen atoms in total. The number of hydrogen-bond acceptors (Lipinski definition) is 6. The number of carbonyl (C=O) groups is 5. The largest absolute Gasteiger partial charge is 0.389 e. The van der Waals surface area contributed by atoms with Crippen molar-refractivity contribution in [2.45, 2.75) is 45.2 Å². The van der Waals surface area contributed by atoms with Crippen LogP contribution in [0.15, 0.2) is 30.3 Å². The van der Waals surface area contributed by atoms with E-state index in [2.05, 4.69) is 21.3 Å². The average Bonchev–Trinajstić information content (AvgIpc) is 3.16. The van der Waals surface area contributed by atoms with Gasteiger partial charge in [0, 0.05) is 18.2 Å². The number of nitrogens with one attached hydrogen (secondary N) is 4. The topological polar surface area (TPSA) is 154 Å². The normalized spacial score (nSPS) is 17.2. The van der Waals surface area contributed by atoms with E-state index >= 15 is 0 Å². The van der Waals surface area contributed by atoms with E-state index in [-0.39, 0.29) is 24.7 Å². The number of rotatable bonds is 10. The van der Waals surface area contributed by atoms with Gasteiger partial charge in [-0.15, -0.1) is 0 Å². The number of hydrogen-bond donors (Lipinski definition) is 5. The highest BCUT2D eigenvalue weighted by Crippen LogP contribution is 2.17. The van der Waals surface area contributed by atoms with Gasteiger partial charge in [0.2, 0.25) is 11.8 Å². The fourth-order valence-electron chi connectivity index (χ4n) is 3.44. The molecule has 10 heteroatoms. The van der Waals surface area contributed by atoms with Crippen molar-refractivity contribution >= 4 is 35.1 Å². The predicted molar refractivity (Wildman–Crippen MR) is 116 cm³/mol. The van der Waals surface area contributed by atoms with Crippen LogP contribution in [0.1, 0.15) is 33.1 Å². The van der Waals surface area contributed by atoms with Gasteiger partial charge in [0.25, 0.3) is 0 Å². The summed E-state index contributed by atoms with van der Waals surface area (Å²) in [5.41, 5.74) is 0.431. The maximum absolute atomic E-state index is 12.9. The molecule has 1 heterocycles. The number of amides is 4. The van der Waals surface area contributed by atoms with Crippen molar-refractivity contribution in [1.82, 2.24) is 16.0 Å². The monoisotopic (exact) mass is 446 g/mol. The SMILES string of the molecule is CC(C)C[C@H](NC(=O)C(=O)Nc1ccccc1)C(=O)N[C@@H](C[C@@H]1CCNC1=O)C(=O)CO. The first-order chi connectivity index (χ1) is 15.2. The molecule has 1 saturated heterocycles. The second-order valence-corrected chi connectivity index (χ2v) is 8.17. The van der Waals surface area contributed by atoms with Crippen molar-refractivity contribution < 1.29 is 29.1 Å². The molecule has 4 amide bonds. The number of para-hydroxylation sites is 1. The van der Waals surface area contributed by atoms with E-state index in [1.165, 1.54) is 0 Å². The lowest BCUT2D eigenvalue weighted by Gasteiger charge is -2.24. The molecule has 1 aromatic rings. The Morgan fingerprint density at radius 2 is 1.75 bits per heavy atom. The third kappa shape index (κ3) is 7.45. The number of aliphatic hydroxyl groups excluding tert-OH is 1. The zero-order valence-corrected chi connectivity index (χ0v) is 18.2. The average molecular weight is 447 g/mol. The first kappa shape index (κ1) is 25.0. The van der Waals surface area contributed by atoms with Crippen molar-refractivity contribution in [3.63, 3.8) is 0 Å². The van der Waals surface area contributed by atoms with Gasteiger partial charge in [-0.2, -0.15) is 0 Å². The minimum absolute atomic E-state index is 0.00385. The fourth-order valence-corrected chi connectivity index (χ4v) is 3.44. The van der Waals surface area contributed by atoms with Crippen LogP contribution >= 0.6 is 0 Å². The number of benzene rings is 1. The summed E-state index contributed by atoms with van der Waals surface area (Å²) in [6.07, 6.45) is 0.795. The van der Waals surface area contributed by atoms with Gasteiger partial charge >= 0.3 is 11.8 Å². The van der Waals surface area contributed by atoms with E-state index < -0.39 is 48.1 Å². The molecule has 1 aromatic carbocycles. The van der Waals surface area contributed by atoms with Crippen LogP contribution in [-0.4, -0.2) is 59.8 Å². The molecule has 0 unspecified atom stereocenters. The summed E-state index contributed by atoms with van der Waals surface area (Å²) in [5.74, 6) is -3.88. The first-order valence-corrected chi connectivity index (χ1v) is 10.6. The molecule has 5 N–H and O–H groups in total. The summed E-state index contributed by atoms with van der Waals surface area (Å²) in [5, 5.41) is 19.3. The minimum atomic E-state index is -1.08. The molecular formula is C22H30N4O6. The van der Waals surface area contributed by atoms with Gasteiger partial charge in [0.15, 0.2) is 5.78 Å². The van der Waals surface area contributed by atoms with Crippen molar-refractivity contribution in [3.05, 3.63) is 30.3 Å². The third-order valence-electron chi connectivity index (χ3n) is 5.11. The lowest BCUT2D eigenvalue weighted by atomic mass is 9.95.